The first-order valence-corrected chi connectivity index (χ1v) is 11.8. The van der Waals surface area contributed by atoms with Gasteiger partial charge in [-0.2, -0.15) is 0 Å². The molecule has 0 fully saturated rings. The highest BCUT2D eigenvalue weighted by Gasteiger charge is 2.39. The van der Waals surface area contributed by atoms with Crippen molar-refractivity contribution in [1.82, 2.24) is 4.39 Å². The third kappa shape index (κ3) is 4.33. The van der Waals surface area contributed by atoms with Gasteiger partial charge in [0, 0.05) is 0 Å². The summed E-state index contributed by atoms with van der Waals surface area (Å²) in [7, 11) is -2.88. The number of methoxy groups -OCH3 is 2. The third-order valence-corrected chi connectivity index (χ3v) is 12.1. The molecule has 2 N–H and O–H groups in total. The summed E-state index contributed by atoms with van der Waals surface area (Å²) >= 11 is 0. The number of carbonyl (C=O) groups is 1. The number of nitrogens with one attached hydrogen (secondary N) is 2. The molecule has 8 heteroatoms. The molecule has 1 aromatic rings. The van der Waals surface area contributed by atoms with Gasteiger partial charge >= 0.3 is 5.97 Å². The van der Waals surface area contributed by atoms with Crippen LogP contribution in [0.1, 0.15) is 31.1 Å². The molecule has 0 bridgehead atoms. The van der Waals surface area contributed by atoms with Crippen molar-refractivity contribution in [3.05, 3.63) is 23.8 Å². The van der Waals surface area contributed by atoms with E-state index in [9.17, 15) is 9.00 Å². The average Bonchev–Trinajstić information content (AvgIpc) is 2.43. The summed E-state index contributed by atoms with van der Waals surface area (Å²) in [6.07, 6.45) is 0. The zero-order valence-corrected chi connectivity index (χ0v) is 16.6. The highest BCUT2D eigenvalue weighted by molar-refractivity contribution is 7.92. The van der Waals surface area contributed by atoms with E-state index in [-0.39, 0.29) is 15.5 Å². The second-order valence-corrected chi connectivity index (χ2v) is 14.0. The molecule has 0 saturated heterocycles. The van der Waals surface area contributed by atoms with Crippen molar-refractivity contribution < 1.29 is 18.5 Å². The lowest BCUT2D eigenvalue weighted by Crippen LogP contribution is -2.54. The zero-order chi connectivity index (χ0) is 18.1. The number of rotatable bonds is 5. The number of esters is 1. The van der Waals surface area contributed by atoms with Crippen LogP contribution in [-0.2, 0) is 14.7 Å². The number of benzene rings is 1. The van der Waals surface area contributed by atoms with Crippen LogP contribution in [0.3, 0.4) is 0 Å². The molecule has 0 aromatic heterocycles. The first kappa shape index (κ1) is 19.7. The highest BCUT2D eigenvalue weighted by Crippen LogP contribution is 2.35. The monoisotopic (exact) mass is 358 g/mol. The molecule has 0 aliphatic heterocycles. The van der Waals surface area contributed by atoms with Gasteiger partial charge in [-0.05, 0) is 23.2 Å². The largest absolute Gasteiger partial charge is 0.497 e. The van der Waals surface area contributed by atoms with Gasteiger partial charge in [-0.1, -0.05) is 33.9 Å². The van der Waals surface area contributed by atoms with E-state index in [2.05, 4.69) is 25.2 Å². The molecule has 1 atom stereocenters. The Hall–Kier alpha value is -1.38. The van der Waals surface area contributed by atoms with E-state index in [4.69, 9.17) is 14.3 Å². The number of hydrogen-bond acceptors (Lipinski definition) is 5. The summed E-state index contributed by atoms with van der Waals surface area (Å²) in [4.78, 5) is 12.0. The maximum Gasteiger partial charge on any atom is 0.339 e. The molecule has 130 valence electrons. The molecule has 6 nitrogen and oxygen atoms in total. The predicted octanol–water partition coefficient (Wildman–Crippen LogP) is 3.40. The van der Waals surface area contributed by atoms with Crippen LogP contribution in [0, 0.1) is 4.78 Å². The molecule has 1 unspecified atom stereocenters. The van der Waals surface area contributed by atoms with Crippen LogP contribution in [0.2, 0.25) is 18.1 Å². The lowest BCUT2D eigenvalue weighted by molar-refractivity contribution is 0.0596. The Bertz CT molecular complexity index is 694. The third-order valence-electron chi connectivity index (χ3n) is 4.18. The Morgan fingerprint density at radius 2 is 1.83 bits per heavy atom. The van der Waals surface area contributed by atoms with Gasteiger partial charge in [0.05, 0.1) is 24.7 Å². The van der Waals surface area contributed by atoms with E-state index < -0.39 is 24.1 Å². The Morgan fingerprint density at radius 1 is 1.26 bits per heavy atom. The molecule has 23 heavy (non-hydrogen) atoms. The molecule has 0 saturated carbocycles. The van der Waals surface area contributed by atoms with Crippen molar-refractivity contribution in [2.24, 2.45) is 0 Å². The fraction of sp³-hybridized carbons (Fsp3) is 0.533. The number of hydrogen-bond donors (Lipinski definition) is 2. The fourth-order valence-electron chi connectivity index (χ4n) is 1.71. The molecular formula is C15H26N2O4SSi. The van der Waals surface area contributed by atoms with E-state index in [1.54, 1.807) is 6.07 Å². The maximum atomic E-state index is 13.1. The fourth-order valence-corrected chi connectivity index (χ4v) is 7.00. The number of carbonyl (C=O) groups excluding carboxylic acids is 1. The minimum absolute atomic E-state index is 0.0912. The lowest BCUT2D eigenvalue weighted by Gasteiger charge is -2.37. The zero-order valence-electron chi connectivity index (χ0n) is 14.8. The van der Waals surface area contributed by atoms with Crippen LogP contribution in [0.25, 0.3) is 0 Å². The molecule has 1 rings (SSSR count). The topological polar surface area (TPSA) is 88.5 Å². The van der Waals surface area contributed by atoms with Crippen LogP contribution in [0.15, 0.2) is 23.1 Å². The van der Waals surface area contributed by atoms with Crippen molar-refractivity contribution in [1.29, 1.82) is 4.78 Å². The average molecular weight is 359 g/mol. The van der Waals surface area contributed by atoms with Crippen molar-refractivity contribution in [2.75, 3.05) is 14.2 Å². The smallest absolute Gasteiger partial charge is 0.339 e. The minimum Gasteiger partial charge on any atom is -0.497 e. The summed E-state index contributed by atoms with van der Waals surface area (Å²) in [5.74, 6) is -0.190. The predicted molar refractivity (Wildman–Crippen MR) is 93.8 cm³/mol. The van der Waals surface area contributed by atoms with Gasteiger partial charge < -0.3 is 9.47 Å². The molecule has 0 radical (unpaired) electrons. The van der Waals surface area contributed by atoms with Crippen molar-refractivity contribution in [2.45, 2.75) is 43.8 Å². The van der Waals surface area contributed by atoms with Crippen LogP contribution < -0.4 is 9.12 Å². The first-order chi connectivity index (χ1) is 10.4. The van der Waals surface area contributed by atoms with Gasteiger partial charge in [0.15, 0.2) is 0 Å². The molecule has 0 heterocycles. The summed E-state index contributed by atoms with van der Waals surface area (Å²) in [5, 5.41) is -0.110. The van der Waals surface area contributed by atoms with Gasteiger partial charge in [0.25, 0.3) is 0 Å². The summed E-state index contributed by atoms with van der Waals surface area (Å²) in [6.45, 7) is 10.2. The van der Waals surface area contributed by atoms with E-state index >= 15 is 0 Å². The van der Waals surface area contributed by atoms with Gasteiger partial charge in [-0.3, -0.25) is 0 Å². The molecule has 1 aromatic carbocycles. The van der Waals surface area contributed by atoms with Crippen LogP contribution >= 0.6 is 0 Å². The maximum absolute atomic E-state index is 13.1. The summed E-state index contributed by atoms with van der Waals surface area (Å²) < 4.78 is 34.4. The van der Waals surface area contributed by atoms with Gasteiger partial charge in [-0.15, -0.1) is 0 Å². The van der Waals surface area contributed by atoms with Gasteiger partial charge in [-0.25, -0.2) is 18.2 Å². The van der Waals surface area contributed by atoms with E-state index in [0.29, 0.717) is 5.75 Å². The van der Waals surface area contributed by atoms with Crippen LogP contribution in [-0.4, -0.2) is 32.6 Å². The highest BCUT2D eigenvalue weighted by atomic mass is 32.2. The molecule has 0 amide bonds. The minimum atomic E-state index is -3.39. The second kappa shape index (κ2) is 6.62. The van der Waals surface area contributed by atoms with Crippen LogP contribution in [0.4, 0.5) is 0 Å². The van der Waals surface area contributed by atoms with Crippen molar-refractivity contribution in [3.8, 4) is 5.75 Å². The number of ether oxygens (including phenoxy) is 2. The lowest BCUT2D eigenvalue weighted by atomic mass is 10.2. The second-order valence-electron chi connectivity index (χ2n) is 6.89. The molecular weight excluding hydrogens is 332 g/mol. The van der Waals surface area contributed by atoms with E-state index in [1.165, 1.54) is 26.4 Å². The Morgan fingerprint density at radius 3 is 2.26 bits per heavy atom. The van der Waals surface area contributed by atoms with E-state index in [1.807, 2.05) is 13.1 Å². The quantitative estimate of drug-likeness (QED) is 0.624. The molecule has 0 aliphatic carbocycles. The summed E-state index contributed by atoms with van der Waals surface area (Å²) in [5.41, 5.74) is 0.111. The SMILES string of the molecule is COC(=O)c1ccc(OC)cc1S(=N)(=O)N[Si](C)(C)C(C)(C)C. The van der Waals surface area contributed by atoms with Crippen molar-refractivity contribution >= 4 is 24.1 Å². The van der Waals surface area contributed by atoms with Crippen LogP contribution in [0.5, 0.6) is 5.75 Å². The Kier molecular flexibility index (Phi) is 5.66. The summed E-state index contributed by atoms with van der Waals surface area (Å²) in [6, 6.07) is 4.51. The van der Waals surface area contributed by atoms with E-state index in [0.717, 1.165) is 0 Å². The first-order valence-electron chi connectivity index (χ1n) is 7.20. The Labute approximate surface area is 139 Å². The molecule has 0 spiro atoms. The molecule has 0 aliphatic rings. The normalized spacial score (nSPS) is 14.9. The van der Waals surface area contributed by atoms with Gasteiger partial charge in [0.1, 0.15) is 23.9 Å². The van der Waals surface area contributed by atoms with Crippen molar-refractivity contribution in [3.63, 3.8) is 0 Å². The standard InChI is InChI=1S/C15H26N2O4SSi/c1-15(2,3)23(6,7)17-22(16,19)13-10-11(20-4)8-9-12(13)14(18)21-5/h8-10H,1-7H3,(H2,16,17,19). The Balaban J connectivity index is 3.45. The van der Waals surface area contributed by atoms with Gasteiger partial charge in [0.2, 0.25) is 0 Å².